The van der Waals surface area contributed by atoms with Gasteiger partial charge in [0, 0.05) is 30.2 Å². The number of rotatable bonds is 3. The molecule has 0 aromatic carbocycles. The first-order chi connectivity index (χ1) is 10.9. The Morgan fingerprint density at radius 1 is 1.09 bits per heavy atom. The summed E-state index contributed by atoms with van der Waals surface area (Å²) in [5.41, 5.74) is 1.80. The van der Waals surface area contributed by atoms with Gasteiger partial charge in [-0.15, -0.1) is 0 Å². The van der Waals surface area contributed by atoms with Crippen molar-refractivity contribution < 1.29 is 9.26 Å². The highest BCUT2D eigenvalue weighted by molar-refractivity contribution is 7.08. The lowest BCUT2D eigenvalue weighted by Crippen LogP contribution is -2.36. The first-order valence-electron chi connectivity index (χ1n) is 7.05. The van der Waals surface area contributed by atoms with E-state index < -0.39 is 0 Å². The molecule has 0 amide bonds. The van der Waals surface area contributed by atoms with E-state index in [0.717, 1.165) is 43.2 Å². The first kappa shape index (κ1) is 13.4. The number of aromatic nitrogens is 3. The van der Waals surface area contributed by atoms with E-state index in [1.807, 2.05) is 29.0 Å². The van der Waals surface area contributed by atoms with Crippen molar-refractivity contribution in [2.24, 2.45) is 0 Å². The highest BCUT2D eigenvalue weighted by atomic mass is 32.1. The van der Waals surface area contributed by atoms with Crippen LogP contribution in [0.5, 0.6) is 0 Å². The van der Waals surface area contributed by atoms with Crippen LogP contribution in [0.3, 0.4) is 0 Å². The van der Waals surface area contributed by atoms with Crippen molar-refractivity contribution in [1.82, 2.24) is 15.1 Å². The lowest BCUT2D eigenvalue weighted by molar-refractivity contribution is 0.122. The fraction of sp³-hybridized carbons (Fsp3) is 0.267. The Morgan fingerprint density at radius 3 is 2.73 bits per heavy atom. The summed E-state index contributed by atoms with van der Waals surface area (Å²) in [6.45, 7) is 3.24. The van der Waals surface area contributed by atoms with Crippen LogP contribution in [0.2, 0.25) is 0 Å². The third-order valence-electron chi connectivity index (χ3n) is 3.54. The topological polar surface area (TPSA) is 64.3 Å². The molecular weight excluding hydrogens is 300 g/mol. The molecular formula is C15H14N4O2S. The average Bonchev–Trinajstić information content (AvgIpc) is 3.27. The summed E-state index contributed by atoms with van der Waals surface area (Å²) in [5.74, 6) is 2.05. The number of morpholine rings is 1. The normalized spacial score (nSPS) is 15.2. The van der Waals surface area contributed by atoms with Gasteiger partial charge in [-0.2, -0.15) is 16.3 Å². The lowest BCUT2D eigenvalue weighted by Gasteiger charge is -2.27. The van der Waals surface area contributed by atoms with Crippen molar-refractivity contribution in [3.05, 3.63) is 35.2 Å². The molecule has 3 aromatic rings. The van der Waals surface area contributed by atoms with E-state index in [9.17, 15) is 0 Å². The molecule has 1 aliphatic heterocycles. The minimum atomic E-state index is 0.536. The molecule has 4 heterocycles. The van der Waals surface area contributed by atoms with E-state index >= 15 is 0 Å². The molecule has 0 radical (unpaired) electrons. The van der Waals surface area contributed by atoms with Gasteiger partial charge < -0.3 is 14.2 Å². The molecule has 0 bridgehead atoms. The van der Waals surface area contributed by atoms with E-state index in [4.69, 9.17) is 9.26 Å². The van der Waals surface area contributed by atoms with E-state index in [1.165, 1.54) is 0 Å². The van der Waals surface area contributed by atoms with Gasteiger partial charge in [-0.05, 0) is 23.6 Å². The molecule has 112 valence electrons. The third kappa shape index (κ3) is 2.60. The van der Waals surface area contributed by atoms with Crippen LogP contribution in [0, 0.1) is 0 Å². The van der Waals surface area contributed by atoms with Crippen LogP contribution in [0.1, 0.15) is 0 Å². The van der Waals surface area contributed by atoms with E-state index in [2.05, 4.69) is 20.0 Å². The largest absolute Gasteiger partial charge is 0.378 e. The van der Waals surface area contributed by atoms with Gasteiger partial charge in [0.2, 0.25) is 5.82 Å². The Bertz CT molecular complexity index is 733. The maximum atomic E-state index is 5.35. The molecule has 0 aliphatic carbocycles. The number of anilines is 1. The summed E-state index contributed by atoms with van der Waals surface area (Å²) >= 11 is 1.60. The van der Waals surface area contributed by atoms with Gasteiger partial charge in [0.25, 0.3) is 5.89 Å². The van der Waals surface area contributed by atoms with Crippen molar-refractivity contribution in [3.8, 4) is 22.8 Å². The van der Waals surface area contributed by atoms with Crippen molar-refractivity contribution in [2.45, 2.75) is 0 Å². The molecule has 1 aliphatic rings. The van der Waals surface area contributed by atoms with E-state index in [1.54, 1.807) is 17.5 Å². The second-order valence-corrected chi connectivity index (χ2v) is 5.72. The molecule has 4 rings (SSSR count). The number of ether oxygens (including phenoxy) is 1. The summed E-state index contributed by atoms with van der Waals surface area (Å²) in [7, 11) is 0. The third-order valence-corrected chi connectivity index (χ3v) is 4.22. The number of hydrogen-bond donors (Lipinski definition) is 0. The summed E-state index contributed by atoms with van der Waals surface area (Å²) in [6.07, 6.45) is 1.78. The number of pyridine rings is 1. The molecule has 0 unspecified atom stereocenters. The molecule has 0 atom stereocenters. The zero-order chi connectivity index (χ0) is 14.8. The van der Waals surface area contributed by atoms with Gasteiger partial charge in [0.15, 0.2) is 0 Å². The Morgan fingerprint density at radius 2 is 2.00 bits per heavy atom. The second-order valence-electron chi connectivity index (χ2n) is 4.94. The van der Waals surface area contributed by atoms with Gasteiger partial charge in [-0.25, -0.2) is 4.98 Å². The van der Waals surface area contributed by atoms with Gasteiger partial charge in [-0.3, -0.25) is 0 Å². The predicted molar refractivity (Wildman–Crippen MR) is 83.9 cm³/mol. The van der Waals surface area contributed by atoms with Gasteiger partial charge in [-0.1, -0.05) is 5.16 Å². The van der Waals surface area contributed by atoms with Crippen LogP contribution >= 0.6 is 11.3 Å². The molecule has 7 heteroatoms. The molecule has 0 N–H and O–H groups in total. The monoisotopic (exact) mass is 314 g/mol. The SMILES string of the molecule is c1cc(-c2nc(-c3ccc(N4CCOCC4)nc3)no2)cs1. The molecule has 1 saturated heterocycles. The van der Waals surface area contributed by atoms with Crippen molar-refractivity contribution in [1.29, 1.82) is 0 Å². The maximum absolute atomic E-state index is 5.35. The second kappa shape index (κ2) is 5.86. The number of thiophene rings is 1. The molecule has 0 spiro atoms. The van der Waals surface area contributed by atoms with Crippen LogP contribution in [-0.2, 0) is 4.74 Å². The highest BCUT2D eigenvalue weighted by Crippen LogP contribution is 2.24. The van der Waals surface area contributed by atoms with Crippen LogP contribution in [0.4, 0.5) is 5.82 Å². The Hall–Kier alpha value is -2.25. The summed E-state index contributed by atoms with van der Waals surface area (Å²) in [5, 5.41) is 8.00. The van der Waals surface area contributed by atoms with Gasteiger partial charge in [0.1, 0.15) is 5.82 Å². The van der Waals surface area contributed by atoms with Crippen LogP contribution in [0.25, 0.3) is 22.8 Å². The molecule has 3 aromatic heterocycles. The Kier molecular flexibility index (Phi) is 3.57. The smallest absolute Gasteiger partial charge is 0.259 e. The van der Waals surface area contributed by atoms with Crippen LogP contribution in [0.15, 0.2) is 39.7 Å². The first-order valence-corrected chi connectivity index (χ1v) is 8.00. The quantitative estimate of drug-likeness (QED) is 0.740. The van der Waals surface area contributed by atoms with Crippen molar-refractivity contribution in [2.75, 3.05) is 31.2 Å². The molecule has 1 fully saturated rings. The fourth-order valence-corrected chi connectivity index (χ4v) is 2.97. The maximum Gasteiger partial charge on any atom is 0.259 e. The number of hydrogen-bond acceptors (Lipinski definition) is 7. The van der Waals surface area contributed by atoms with Gasteiger partial charge >= 0.3 is 0 Å². The molecule has 0 saturated carbocycles. The van der Waals surface area contributed by atoms with Crippen molar-refractivity contribution >= 4 is 17.2 Å². The summed E-state index contributed by atoms with van der Waals surface area (Å²) in [6, 6.07) is 5.92. The highest BCUT2D eigenvalue weighted by Gasteiger charge is 2.14. The van der Waals surface area contributed by atoms with Gasteiger partial charge in [0.05, 0.1) is 18.8 Å². The predicted octanol–water partition coefficient (Wildman–Crippen LogP) is 2.70. The zero-order valence-electron chi connectivity index (χ0n) is 11.8. The average molecular weight is 314 g/mol. The summed E-state index contributed by atoms with van der Waals surface area (Å²) < 4.78 is 10.7. The van der Waals surface area contributed by atoms with E-state index in [-0.39, 0.29) is 0 Å². The fourth-order valence-electron chi connectivity index (χ4n) is 2.34. The van der Waals surface area contributed by atoms with Crippen molar-refractivity contribution in [3.63, 3.8) is 0 Å². The number of nitrogens with zero attached hydrogens (tertiary/aromatic N) is 4. The lowest BCUT2D eigenvalue weighted by atomic mass is 10.2. The molecule has 6 nitrogen and oxygen atoms in total. The minimum Gasteiger partial charge on any atom is -0.378 e. The van der Waals surface area contributed by atoms with Crippen LogP contribution in [-0.4, -0.2) is 41.4 Å². The Balaban J connectivity index is 1.55. The standard InChI is InChI=1S/C15H14N4O2S/c1-2-13(19-4-6-20-7-5-19)16-9-11(1)14-17-15(21-18-14)12-3-8-22-10-12/h1-3,8-10H,4-7H2. The van der Waals surface area contributed by atoms with Crippen LogP contribution < -0.4 is 4.90 Å². The molecule has 22 heavy (non-hydrogen) atoms. The Labute approximate surface area is 131 Å². The summed E-state index contributed by atoms with van der Waals surface area (Å²) in [4.78, 5) is 11.1. The van der Waals surface area contributed by atoms with E-state index in [0.29, 0.717) is 11.7 Å². The zero-order valence-corrected chi connectivity index (χ0v) is 12.6. The minimum absolute atomic E-state index is 0.536.